The molecule has 0 saturated carbocycles. The fraction of sp³-hybridized carbons (Fsp3) is 0.529. The molecule has 2 atom stereocenters. The van der Waals surface area contributed by atoms with Gasteiger partial charge in [0.15, 0.2) is 6.10 Å². The number of carboxylic acid groups (broad SMARTS) is 1. The van der Waals surface area contributed by atoms with E-state index in [4.69, 9.17) is 9.84 Å². The van der Waals surface area contributed by atoms with Gasteiger partial charge in [0, 0.05) is 20.2 Å². The van der Waals surface area contributed by atoms with Crippen LogP contribution in [0.4, 0.5) is 0 Å². The van der Waals surface area contributed by atoms with E-state index in [1.54, 1.807) is 24.3 Å². The number of amides is 1. The van der Waals surface area contributed by atoms with Crippen molar-refractivity contribution in [3.8, 4) is 0 Å². The molecule has 2 rings (SSSR count). The highest BCUT2D eigenvalue weighted by atomic mass is 32.2. The number of hydrogen-bond acceptors (Lipinski definition) is 5. The minimum atomic E-state index is -3.52. The topological polar surface area (TPSA) is 113 Å². The Labute approximate surface area is 153 Å². The number of ether oxygens (including phenoxy) is 1. The third-order valence-electron chi connectivity index (χ3n) is 4.36. The van der Waals surface area contributed by atoms with Crippen LogP contribution in [0.1, 0.15) is 18.4 Å². The van der Waals surface area contributed by atoms with E-state index in [9.17, 15) is 18.0 Å². The van der Waals surface area contributed by atoms with E-state index in [1.165, 1.54) is 11.4 Å². The summed E-state index contributed by atoms with van der Waals surface area (Å²) in [6.45, 7) is 0.332. The molecule has 1 amide bonds. The van der Waals surface area contributed by atoms with Gasteiger partial charge >= 0.3 is 5.97 Å². The number of hydrogen-bond donors (Lipinski definition) is 2. The number of methoxy groups -OCH3 is 1. The Morgan fingerprint density at radius 3 is 2.65 bits per heavy atom. The molecule has 0 aromatic heterocycles. The monoisotopic (exact) mass is 384 g/mol. The van der Waals surface area contributed by atoms with Crippen LogP contribution in [-0.2, 0) is 30.1 Å². The molecule has 2 unspecified atom stereocenters. The van der Waals surface area contributed by atoms with Crippen molar-refractivity contribution in [1.29, 1.82) is 0 Å². The molecule has 8 nitrogen and oxygen atoms in total. The van der Waals surface area contributed by atoms with Gasteiger partial charge < -0.3 is 15.2 Å². The lowest BCUT2D eigenvalue weighted by Gasteiger charge is -2.31. The Balaban J connectivity index is 1.95. The largest absolute Gasteiger partial charge is 0.479 e. The number of piperidine rings is 1. The van der Waals surface area contributed by atoms with Gasteiger partial charge in [-0.15, -0.1) is 0 Å². The molecule has 1 aromatic rings. The molecule has 1 aromatic carbocycles. The number of carbonyl (C=O) groups excluding carboxylic acids is 1. The van der Waals surface area contributed by atoms with E-state index in [1.807, 2.05) is 6.07 Å². The fourth-order valence-corrected chi connectivity index (χ4v) is 4.50. The molecule has 144 valence electrons. The zero-order valence-corrected chi connectivity index (χ0v) is 15.4. The van der Waals surface area contributed by atoms with Crippen molar-refractivity contribution in [3.05, 3.63) is 35.9 Å². The summed E-state index contributed by atoms with van der Waals surface area (Å²) in [4.78, 5) is 23.2. The van der Waals surface area contributed by atoms with Gasteiger partial charge in [-0.3, -0.25) is 4.79 Å². The quantitative estimate of drug-likeness (QED) is 0.673. The van der Waals surface area contributed by atoms with Crippen molar-refractivity contribution in [3.63, 3.8) is 0 Å². The second kappa shape index (κ2) is 9.11. The average molecular weight is 384 g/mol. The number of nitrogens with one attached hydrogen (secondary N) is 1. The van der Waals surface area contributed by atoms with Crippen LogP contribution in [0.3, 0.4) is 0 Å². The molecular formula is C17H24N2O6S. The number of benzene rings is 1. The second-order valence-electron chi connectivity index (χ2n) is 6.25. The standard InChI is InChI=1S/C17H24N2O6S/c1-25-15(17(21)22)10-18-16(20)14-8-5-9-19(11-14)26(23,24)12-13-6-3-2-4-7-13/h2-4,6-7,14-15H,5,8-12H2,1H3,(H,18,20)(H,21,22). The van der Waals surface area contributed by atoms with Gasteiger partial charge in [-0.25, -0.2) is 17.5 Å². The molecule has 1 heterocycles. The van der Waals surface area contributed by atoms with Crippen molar-refractivity contribution in [2.24, 2.45) is 5.92 Å². The molecule has 26 heavy (non-hydrogen) atoms. The first kappa shape index (κ1) is 20.3. The molecule has 2 N–H and O–H groups in total. The second-order valence-corrected chi connectivity index (χ2v) is 8.22. The van der Waals surface area contributed by atoms with Crippen LogP contribution in [0.5, 0.6) is 0 Å². The van der Waals surface area contributed by atoms with Crippen molar-refractivity contribution < 1.29 is 27.9 Å². The Bertz CT molecular complexity index is 722. The summed E-state index contributed by atoms with van der Waals surface area (Å²) in [5.41, 5.74) is 0.698. The fourth-order valence-electron chi connectivity index (χ4n) is 2.89. The third kappa shape index (κ3) is 5.52. The minimum Gasteiger partial charge on any atom is -0.479 e. The van der Waals surface area contributed by atoms with Crippen molar-refractivity contribution in [1.82, 2.24) is 9.62 Å². The van der Waals surface area contributed by atoms with Crippen LogP contribution in [0.25, 0.3) is 0 Å². The Kier molecular flexibility index (Phi) is 7.13. The number of nitrogens with zero attached hydrogens (tertiary/aromatic N) is 1. The van der Waals surface area contributed by atoms with Gasteiger partial charge in [0.1, 0.15) is 0 Å². The van der Waals surface area contributed by atoms with Gasteiger partial charge in [-0.1, -0.05) is 30.3 Å². The van der Waals surface area contributed by atoms with E-state index in [2.05, 4.69) is 5.32 Å². The Morgan fingerprint density at radius 1 is 1.35 bits per heavy atom. The maximum atomic E-state index is 12.6. The van der Waals surface area contributed by atoms with Gasteiger partial charge in [0.05, 0.1) is 18.2 Å². The molecule has 1 aliphatic heterocycles. The van der Waals surface area contributed by atoms with E-state index >= 15 is 0 Å². The summed E-state index contributed by atoms with van der Waals surface area (Å²) < 4.78 is 31.4. The van der Waals surface area contributed by atoms with Crippen molar-refractivity contribution >= 4 is 21.9 Å². The molecule has 0 radical (unpaired) electrons. The van der Waals surface area contributed by atoms with Gasteiger partial charge in [0.2, 0.25) is 15.9 Å². The normalized spacial score (nSPS) is 19.7. The number of carbonyl (C=O) groups is 2. The first-order valence-corrected chi connectivity index (χ1v) is 9.99. The Morgan fingerprint density at radius 2 is 2.04 bits per heavy atom. The average Bonchev–Trinajstić information content (AvgIpc) is 2.62. The van der Waals surface area contributed by atoms with Gasteiger partial charge in [-0.2, -0.15) is 0 Å². The van der Waals surface area contributed by atoms with Crippen LogP contribution in [0, 0.1) is 5.92 Å². The lowest BCUT2D eigenvalue weighted by Crippen LogP contribution is -2.47. The summed E-state index contributed by atoms with van der Waals surface area (Å²) >= 11 is 0. The molecular weight excluding hydrogens is 360 g/mol. The highest BCUT2D eigenvalue weighted by molar-refractivity contribution is 7.88. The number of carboxylic acids is 1. The highest BCUT2D eigenvalue weighted by Gasteiger charge is 2.32. The lowest BCUT2D eigenvalue weighted by atomic mass is 9.99. The van der Waals surface area contributed by atoms with Crippen LogP contribution in [0.2, 0.25) is 0 Å². The summed E-state index contributed by atoms with van der Waals surface area (Å²) in [5, 5.41) is 11.5. The molecule has 1 aliphatic rings. The number of sulfonamides is 1. The number of rotatable bonds is 8. The maximum absolute atomic E-state index is 12.6. The number of aliphatic carboxylic acids is 1. The Hall–Kier alpha value is -1.97. The first-order valence-electron chi connectivity index (χ1n) is 8.38. The zero-order chi connectivity index (χ0) is 19.2. The van der Waals surface area contributed by atoms with Crippen LogP contribution >= 0.6 is 0 Å². The first-order chi connectivity index (χ1) is 12.3. The van der Waals surface area contributed by atoms with Crippen LogP contribution in [0.15, 0.2) is 30.3 Å². The summed E-state index contributed by atoms with van der Waals surface area (Å²) in [6, 6.07) is 8.89. The van der Waals surface area contributed by atoms with E-state index in [0.29, 0.717) is 24.9 Å². The molecule has 0 spiro atoms. The zero-order valence-electron chi connectivity index (χ0n) is 14.6. The summed E-state index contributed by atoms with van der Waals surface area (Å²) in [7, 11) is -2.26. The third-order valence-corrected chi connectivity index (χ3v) is 6.18. The van der Waals surface area contributed by atoms with Crippen molar-refractivity contribution in [2.45, 2.75) is 24.7 Å². The van der Waals surface area contributed by atoms with Gasteiger partial charge in [0.25, 0.3) is 0 Å². The lowest BCUT2D eigenvalue weighted by molar-refractivity contribution is -0.148. The predicted octanol–water partition coefficient (Wildman–Crippen LogP) is 0.444. The van der Waals surface area contributed by atoms with Gasteiger partial charge in [-0.05, 0) is 18.4 Å². The van der Waals surface area contributed by atoms with E-state index in [0.717, 1.165) is 0 Å². The minimum absolute atomic E-state index is 0.103. The van der Waals surface area contributed by atoms with E-state index < -0.39 is 28.0 Å². The van der Waals surface area contributed by atoms with Crippen LogP contribution < -0.4 is 5.32 Å². The summed E-state index contributed by atoms with van der Waals surface area (Å²) in [6.07, 6.45) is 0.0209. The van der Waals surface area contributed by atoms with E-state index in [-0.39, 0.29) is 24.7 Å². The molecule has 0 bridgehead atoms. The molecule has 0 aliphatic carbocycles. The smallest absolute Gasteiger partial charge is 0.334 e. The highest BCUT2D eigenvalue weighted by Crippen LogP contribution is 2.21. The SMILES string of the molecule is COC(CNC(=O)C1CCCN(S(=O)(=O)Cc2ccccc2)C1)C(=O)O. The maximum Gasteiger partial charge on any atom is 0.334 e. The molecule has 1 fully saturated rings. The van der Waals surface area contributed by atoms with Crippen molar-refractivity contribution in [2.75, 3.05) is 26.7 Å². The van der Waals surface area contributed by atoms with Crippen LogP contribution in [-0.4, -0.2) is 62.6 Å². The molecule has 1 saturated heterocycles. The summed E-state index contributed by atoms with van der Waals surface area (Å²) in [5.74, 6) is -2.12. The molecule has 9 heteroatoms. The predicted molar refractivity (Wildman–Crippen MR) is 94.8 cm³/mol.